The molecule has 0 aliphatic carbocycles. The first-order valence-corrected chi connectivity index (χ1v) is 9.23. The van der Waals surface area contributed by atoms with Crippen molar-refractivity contribution in [1.82, 2.24) is 0 Å². The second-order valence-corrected chi connectivity index (χ2v) is 6.62. The predicted molar refractivity (Wildman–Crippen MR) is 112 cm³/mol. The molecule has 1 N–H and O–H groups in total. The van der Waals surface area contributed by atoms with E-state index < -0.39 is 0 Å². The lowest BCUT2D eigenvalue weighted by Gasteiger charge is -2.13. The fourth-order valence-corrected chi connectivity index (χ4v) is 3.29. The van der Waals surface area contributed by atoms with Gasteiger partial charge in [-0.25, -0.2) is 0 Å². The molecule has 0 atom stereocenters. The Morgan fingerprint density at radius 1 is 1.25 bits per heavy atom. The highest BCUT2D eigenvalue weighted by Crippen LogP contribution is 2.37. The minimum absolute atomic E-state index is 0.228. The number of furan rings is 1. The molecule has 3 aromatic rings. The molecular formula is C23H25NO4. The molecule has 28 heavy (non-hydrogen) atoms. The quantitative estimate of drug-likeness (QED) is 0.575. The van der Waals surface area contributed by atoms with Gasteiger partial charge in [-0.3, -0.25) is 4.79 Å². The number of hydrogen-bond acceptors (Lipinski definition) is 4. The largest absolute Gasteiger partial charge is 0.496 e. The van der Waals surface area contributed by atoms with Crippen molar-refractivity contribution >= 4 is 28.1 Å². The van der Waals surface area contributed by atoms with Gasteiger partial charge >= 0.3 is 0 Å². The summed E-state index contributed by atoms with van der Waals surface area (Å²) in [5.74, 6) is 1.12. The van der Waals surface area contributed by atoms with Crippen molar-refractivity contribution in [2.45, 2.75) is 27.7 Å². The van der Waals surface area contributed by atoms with E-state index in [4.69, 9.17) is 13.9 Å². The summed E-state index contributed by atoms with van der Waals surface area (Å²) in [5.41, 5.74) is 5.07. The van der Waals surface area contributed by atoms with Gasteiger partial charge in [0.2, 0.25) is 5.91 Å². The second-order valence-electron chi connectivity index (χ2n) is 6.62. The van der Waals surface area contributed by atoms with Crippen LogP contribution in [0.25, 0.3) is 16.5 Å². The average molecular weight is 379 g/mol. The first-order chi connectivity index (χ1) is 13.5. The number of anilines is 1. The van der Waals surface area contributed by atoms with Crippen molar-refractivity contribution in [1.29, 1.82) is 0 Å². The summed E-state index contributed by atoms with van der Waals surface area (Å²) < 4.78 is 16.8. The highest BCUT2D eigenvalue weighted by atomic mass is 16.5. The summed E-state index contributed by atoms with van der Waals surface area (Å²) in [5, 5.41) is 3.91. The molecule has 0 radical (unpaired) electrons. The molecule has 0 aliphatic heterocycles. The van der Waals surface area contributed by atoms with Gasteiger partial charge in [0.15, 0.2) is 0 Å². The van der Waals surface area contributed by atoms with Gasteiger partial charge in [0.05, 0.1) is 25.7 Å². The molecule has 0 aliphatic rings. The highest BCUT2D eigenvalue weighted by Gasteiger charge is 2.17. The lowest BCUT2D eigenvalue weighted by Crippen LogP contribution is -2.10. The average Bonchev–Trinajstić information content (AvgIpc) is 3.04. The van der Waals surface area contributed by atoms with Gasteiger partial charge in [-0.05, 0) is 57.0 Å². The van der Waals surface area contributed by atoms with Crippen LogP contribution in [0.4, 0.5) is 5.69 Å². The van der Waals surface area contributed by atoms with Crippen LogP contribution in [-0.2, 0) is 4.79 Å². The van der Waals surface area contributed by atoms with Crippen LogP contribution in [0.5, 0.6) is 11.5 Å². The fraction of sp³-hybridized carbons (Fsp3) is 0.261. The van der Waals surface area contributed by atoms with E-state index in [1.54, 1.807) is 19.4 Å². The van der Waals surface area contributed by atoms with E-state index in [2.05, 4.69) is 5.32 Å². The molecule has 0 spiro atoms. The summed E-state index contributed by atoms with van der Waals surface area (Å²) >= 11 is 0. The third-order valence-electron chi connectivity index (χ3n) is 4.66. The highest BCUT2D eigenvalue weighted by molar-refractivity contribution is 6.05. The Hall–Kier alpha value is -3.21. The van der Waals surface area contributed by atoms with E-state index in [0.717, 1.165) is 33.2 Å². The van der Waals surface area contributed by atoms with Gasteiger partial charge in [-0.1, -0.05) is 12.1 Å². The Kier molecular flexibility index (Phi) is 5.73. The van der Waals surface area contributed by atoms with Crippen LogP contribution >= 0.6 is 0 Å². The van der Waals surface area contributed by atoms with Crippen molar-refractivity contribution < 1.29 is 18.7 Å². The van der Waals surface area contributed by atoms with Crippen LogP contribution in [-0.4, -0.2) is 19.6 Å². The number of benzene rings is 2. The number of allylic oxidation sites excluding steroid dienone is 1. The lowest BCUT2D eigenvalue weighted by atomic mass is 9.98. The van der Waals surface area contributed by atoms with Crippen LogP contribution in [0.3, 0.4) is 0 Å². The third kappa shape index (κ3) is 3.74. The van der Waals surface area contributed by atoms with Crippen molar-refractivity contribution in [2.75, 3.05) is 19.0 Å². The molecule has 0 saturated carbocycles. The maximum Gasteiger partial charge on any atom is 0.248 e. The molecule has 0 saturated heterocycles. The molecule has 2 aromatic carbocycles. The van der Waals surface area contributed by atoms with E-state index >= 15 is 0 Å². The Balaban J connectivity index is 1.95. The molecule has 1 amide bonds. The number of ether oxygens (including phenoxy) is 2. The number of methoxy groups -OCH3 is 1. The number of aryl methyl sites for hydroxylation is 2. The minimum Gasteiger partial charge on any atom is -0.496 e. The molecule has 0 bridgehead atoms. The number of carbonyl (C=O) groups excluding carboxylic acids is 1. The molecule has 3 rings (SSSR count). The standard InChI is InChI=1S/C23H25NO4/c1-6-27-20-10-8-7-9-19(20)24-21(25)11-14(2)17-12-18-15(3)13-28-23(18)16(4)22(17)26-5/h7-13H,6H2,1-5H3,(H,24,25)/b14-11+. The SMILES string of the molecule is CCOc1ccccc1NC(=O)/C=C(\C)c1cc2c(C)coc2c(C)c1OC. The van der Waals surface area contributed by atoms with Crippen LogP contribution in [0.2, 0.25) is 0 Å². The molecule has 0 fully saturated rings. The topological polar surface area (TPSA) is 60.7 Å². The van der Waals surface area contributed by atoms with Crippen LogP contribution < -0.4 is 14.8 Å². The van der Waals surface area contributed by atoms with Gasteiger partial charge < -0.3 is 19.2 Å². The zero-order valence-electron chi connectivity index (χ0n) is 16.9. The maximum absolute atomic E-state index is 12.6. The van der Waals surface area contributed by atoms with Crippen molar-refractivity contribution in [3.05, 3.63) is 59.4 Å². The monoisotopic (exact) mass is 379 g/mol. The molecular weight excluding hydrogens is 354 g/mol. The normalized spacial score (nSPS) is 11.5. The van der Waals surface area contributed by atoms with Gasteiger partial charge in [0.25, 0.3) is 0 Å². The van der Waals surface area contributed by atoms with Gasteiger partial charge in [0, 0.05) is 22.6 Å². The van der Waals surface area contributed by atoms with Gasteiger partial charge in [-0.2, -0.15) is 0 Å². The molecule has 1 heterocycles. The Bertz CT molecular complexity index is 1050. The van der Waals surface area contributed by atoms with E-state index in [-0.39, 0.29) is 5.91 Å². The number of nitrogens with one attached hydrogen (secondary N) is 1. The number of hydrogen-bond donors (Lipinski definition) is 1. The van der Waals surface area contributed by atoms with E-state index in [0.29, 0.717) is 23.8 Å². The zero-order chi connectivity index (χ0) is 20.3. The summed E-state index contributed by atoms with van der Waals surface area (Å²) in [6, 6.07) is 9.39. The fourth-order valence-electron chi connectivity index (χ4n) is 3.29. The first kappa shape index (κ1) is 19.5. The smallest absolute Gasteiger partial charge is 0.248 e. The molecule has 0 unspecified atom stereocenters. The molecule has 1 aromatic heterocycles. The Labute approximate surface area is 164 Å². The third-order valence-corrected chi connectivity index (χ3v) is 4.66. The number of rotatable bonds is 6. The Morgan fingerprint density at radius 2 is 2.00 bits per heavy atom. The second kappa shape index (κ2) is 8.21. The first-order valence-electron chi connectivity index (χ1n) is 9.23. The van der Waals surface area contributed by atoms with Crippen LogP contribution in [0.1, 0.15) is 30.5 Å². The Morgan fingerprint density at radius 3 is 2.71 bits per heavy atom. The minimum atomic E-state index is -0.228. The zero-order valence-corrected chi connectivity index (χ0v) is 16.9. The summed E-state index contributed by atoms with van der Waals surface area (Å²) in [4.78, 5) is 12.6. The number of fused-ring (bicyclic) bond motifs is 1. The number of carbonyl (C=O) groups is 1. The van der Waals surface area contributed by atoms with Crippen LogP contribution in [0, 0.1) is 13.8 Å². The predicted octanol–water partition coefficient (Wildman–Crippen LogP) is 5.50. The lowest BCUT2D eigenvalue weighted by molar-refractivity contribution is -0.111. The molecule has 5 heteroatoms. The van der Waals surface area contributed by atoms with Crippen molar-refractivity contribution in [3.63, 3.8) is 0 Å². The maximum atomic E-state index is 12.6. The van der Waals surface area contributed by atoms with Crippen molar-refractivity contribution in [2.24, 2.45) is 0 Å². The number of amides is 1. The summed E-state index contributed by atoms with van der Waals surface area (Å²) in [6.45, 7) is 8.29. The van der Waals surface area contributed by atoms with Crippen LogP contribution in [0.15, 0.2) is 47.1 Å². The molecule has 5 nitrogen and oxygen atoms in total. The van der Waals surface area contributed by atoms with E-state index in [9.17, 15) is 4.79 Å². The van der Waals surface area contributed by atoms with E-state index in [1.165, 1.54) is 0 Å². The summed E-state index contributed by atoms with van der Waals surface area (Å²) in [7, 11) is 1.62. The summed E-state index contributed by atoms with van der Waals surface area (Å²) in [6.07, 6.45) is 3.30. The van der Waals surface area contributed by atoms with E-state index in [1.807, 2.05) is 58.0 Å². The number of para-hydroxylation sites is 2. The van der Waals surface area contributed by atoms with Crippen molar-refractivity contribution in [3.8, 4) is 11.5 Å². The van der Waals surface area contributed by atoms with Gasteiger partial charge in [0.1, 0.15) is 17.1 Å². The molecule has 146 valence electrons. The van der Waals surface area contributed by atoms with Gasteiger partial charge in [-0.15, -0.1) is 0 Å².